The van der Waals surface area contributed by atoms with Crippen molar-refractivity contribution in [3.8, 4) is 5.75 Å². The Morgan fingerprint density at radius 3 is 2.86 bits per heavy atom. The average Bonchev–Trinajstić information content (AvgIpc) is 2.67. The van der Waals surface area contributed by atoms with Crippen molar-refractivity contribution in [3.05, 3.63) is 4.88 Å². The lowest BCUT2D eigenvalue weighted by atomic mass is 10.2. The van der Waals surface area contributed by atoms with Gasteiger partial charge in [0, 0.05) is 26.1 Å². The molecule has 2 heterocycles. The minimum absolute atomic E-state index is 0.0217. The summed E-state index contributed by atoms with van der Waals surface area (Å²) in [6, 6.07) is 0. The fourth-order valence-corrected chi connectivity index (χ4v) is 3.51. The van der Waals surface area contributed by atoms with Crippen LogP contribution in [-0.2, 0) is 4.74 Å². The third-order valence-electron chi connectivity index (χ3n) is 3.32. The topological polar surface area (TPSA) is 64.8 Å². The van der Waals surface area contributed by atoms with Gasteiger partial charge in [-0.3, -0.25) is 4.79 Å². The highest BCUT2D eigenvalue weighted by atomic mass is 32.1. The number of carbonyl (C=O) groups is 1. The highest BCUT2D eigenvalue weighted by molar-refractivity contribution is 7.19. The van der Waals surface area contributed by atoms with E-state index in [1.807, 2.05) is 20.8 Å². The van der Waals surface area contributed by atoms with Gasteiger partial charge in [-0.2, -0.15) is 0 Å². The van der Waals surface area contributed by atoms with Crippen LogP contribution < -0.4 is 15.4 Å². The second-order valence-corrected chi connectivity index (χ2v) is 6.37. The Bertz CT molecular complexity index is 491. The van der Waals surface area contributed by atoms with Crippen LogP contribution in [0.5, 0.6) is 5.75 Å². The molecule has 0 saturated carbocycles. The third kappa shape index (κ3) is 3.68. The Kier molecular flexibility index (Phi) is 5.47. The van der Waals surface area contributed by atoms with E-state index in [0.717, 1.165) is 31.1 Å². The number of nitrogens with zero attached hydrogens (tertiary/aromatic N) is 1. The molecule has 5 nitrogen and oxygen atoms in total. The molecule has 1 aromatic rings. The molecule has 2 rings (SSSR count). The predicted octanol–water partition coefficient (Wildman–Crippen LogP) is 2.94. The molecule has 2 N–H and O–H groups in total. The SMILES string of the molecule is CCC(=O)c1sc(N2CCCOCC2)c(OC(C)C)c1N. The van der Waals surface area contributed by atoms with Gasteiger partial charge in [0.25, 0.3) is 0 Å². The van der Waals surface area contributed by atoms with Crippen LogP contribution in [0.1, 0.15) is 43.3 Å². The molecule has 0 unspecified atom stereocenters. The normalized spacial score (nSPS) is 16.1. The maximum atomic E-state index is 12.1. The average molecular weight is 312 g/mol. The quantitative estimate of drug-likeness (QED) is 0.847. The van der Waals surface area contributed by atoms with Crippen molar-refractivity contribution in [1.82, 2.24) is 0 Å². The zero-order chi connectivity index (χ0) is 15.4. The Morgan fingerprint density at radius 2 is 2.19 bits per heavy atom. The molecule has 1 aliphatic heterocycles. The molecule has 6 heteroatoms. The first-order chi connectivity index (χ1) is 10.0. The lowest BCUT2D eigenvalue weighted by Crippen LogP contribution is -2.25. The molecular weight excluding hydrogens is 288 g/mol. The van der Waals surface area contributed by atoms with Gasteiger partial charge in [-0.15, -0.1) is 11.3 Å². The third-order valence-corrected chi connectivity index (χ3v) is 4.61. The monoisotopic (exact) mass is 312 g/mol. The smallest absolute Gasteiger partial charge is 0.177 e. The number of nitrogens with two attached hydrogens (primary N) is 1. The van der Waals surface area contributed by atoms with Gasteiger partial charge in [0.2, 0.25) is 0 Å². The molecular formula is C15H24N2O3S. The number of anilines is 2. The number of Topliss-reactive ketones (excluding diaryl/α,β-unsaturated/α-hetero) is 1. The molecule has 0 radical (unpaired) electrons. The van der Waals surface area contributed by atoms with E-state index in [-0.39, 0.29) is 11.9 Å². The number of thiophene rings is 1. The van der Waals surface area contributed by atoms with Gasteiger partial charge in [-0.05, 0) is 20.3 Å². The summed E-state index contributed by atoms with van der Waals surface area (Å²) in [5, 5.41) is 0.962. The van der Waals surface area contributed by atoms with Crippen LogP contribution in [0.25, 0.3) is 0 Å². The van der Waals surface area contributed by atoms with E-state index in [0.29, 0.717) is 29.3 Å². The van der Waals surface area contributed by atoms with Crippen molar-refractivity contribution >= 4 is 27.8 Å². The molecule has 1 aromatic heterocycles. The Labute approximate surface area is 130 Å². The van der Waals surface area contributed by atoms with E-state index in [4.69, 9.17) is 15.2 Å². The fourth-order valence-electron chi connectivity index (χ4n) is 2.29. The summed E-state index contributed by atoms with van der Waals surface area (Å²) in [5.41, 5.74) is 6.67. The van der Waals surface area contributed by atoms with Crippen molar-refractivity contribution in [2.45, 2.75) is 39.7 Å². The van der Waals surface area contributed by atoms with E-state index in [2.05, 4.69) is 4.90 Å². The van der Waals surface area contributed by atoms with Crippen LogP contribution in [0.4, 0.5) is 10.7 Å². The van der Waals surface area contributed by atoms with E-state index in [1.165, 1.54) is 11.3 Å². The van der Waals surface area contributed by atoms with Gasteiger partial charge < -0.3 is 20.1 Å². The van der Waals surface area contributed by atoms with Crippen LogP contribution in [-0.4, -0.2) is 38.2 Å². The number of carbonyl (C=O) groups excluding carboxylic acids is 1. The van der Waals surface area contributed by atoms with Crippen LogP contribution in [0.2, 0.25) is 0 Å². The molecule has 1 saturated heterocycles. The first kappa shape index (κ1) is 16.1. The van der Waals surface area contributed by atoms with E-state index < -0.39 is 0 Å². The van der Waals surface area contributed by atoms with Crippen molar-refractivity contribution in [2.75, 3.05) is 36.9 Å². The second kappa shape index (κ2) is 7.13. The van der Waals surface area contributed by atoms with Crippen LogP contribution in [0.15, 0.2) is 0 Å². The summed E-state index contributed by atoms with van der Waals surface area (Å²) in [4.78, 5) is 14.9. The number of hydrogen-bond donors (Lipinski definition) is 1. The molecule has 0 bridgehead atoms. The fraction of sp³-hybridized carbons (Fsp3) is 0.667. The number of rotatable bonds is 5. The number of ketones is 1. The summed E-state index contributed by atoms with van der Waals surface area (Å²) in [5.74, 6) is 0.733. The highest BCUT2D eigenvalue weighted by Crippen LogP contribution is 2.46. The summed E-state index contributed by atoms with van der Waals surface area (Å²) < 4.78 is 11.4. The van der Waals surface area contributed by atoms with Crippen LogP contribution in [0, 0.1) is 0 Å². The van der Waals surface area contributed by atoms with Gasteiger partial charge >= 0.3 is 0 Å². The second-order valence-electron chi connectivity index (χ2n) is 5.38. The zero-order valence-electron chi connectivity index (χ0n) is 13.0. The molecule has 0 atom stereocenters. The maximum absolute atomic E-state index is 12.1. The molecule has 0 amide bonds. The summed E-state index contributed by atoms with van der Waals surface area (Å²) in [7, 11) is 0. The first-order valence-corrected chi connectivity index (χ1v) is 8.31. The van der Waals surface area contributed by atoms with E-state index in [1.54, 1.807) is 0 Å². The minimum atomic E-state index is 0.0217. The van der Waals surface area contributed by atoms with Gasteiger partial charge in [0.05, 0.1) is 23.3 Å². The molecule has 118 valence electrons. The van der Waals surface area contributed by atoms with Gasteiger partial charge in [0.1, 0.15) is 5.00 Å². The highest BCUT2D eigenvalue weighted by Gasteiger charge is 2.26. The molecule has 21 heavy (non-hydrogen) atoms. The Morgan fingerprint density at radius 1 is 1.43 bits per heavy atom. The predicted molar refractivity (Wildman–Crippen MR) is 86.8 cm³/mol. The summed E-state index contributed by atoms with van der Waals surface area (Å²) in [6.07, 6.45) is 1.44. The van der Waals surface area contributed by atoms with Crippen LogP contribution in [0.3, 0.4) is 0 Å². The largest absolute Gasteiger partial charge is 0.486 e. The van der Waals surface area contributed by atoms with Crippen molar-refractivity contribution in [3.63, 3.8) is 0 Å². The molecule has 0 aliphatic carbocycles. The van der Waals surface area contributed by atoms with Crippen molar-refractivity contribution in [2.24, 2.45) is 0 Å². The van der Waals surface area contributed by atoms with E-state index in [9.17, 15) is 4.79 Å². The lowest BCUT2D eigenvalue weighted by molar-refractivity contribution is 0.0992. The standard InChI is InChI=1S/C15H24N2O3S/c1-4-11(18)14-12(16)13(20-10(2)3)15(21-14)17-6-5-8-19-9-7-17/h10H,4-9,16H2,1-3H3. The molecule has 1 fully saturated rings. The lowest BCUT2D eigenvalue weighted by Gasteiger charge is -2.22. The number of nitrogen functional groups attached to an aromatic ring is 1. The minimum Gasteiger partial charge on any atom is -0.486 e. The number of hydrogen-bond acceptors (Lipinski definition) is 6. The Balaban J connectivity index is 2.38. The molecule has 1 aliphatic rings. The maximum Gasteiger partial charge on any atom is 0.177 e. The Hall–Kier alpha value is -1.27. The molecule has 0 aromatic carbocycles. The van der Waals surface area contributed by atoms with Gasteiger partial charge in [-0.25, -0.2) is 0 Å². The first-order valence-electron chi connectivity index (χ1n) is 7.49. The van der Waals surface area contributed by atoms with Crippen LogP contribution >= 0.6 is 11.3 Å². The molecule has 0 spiro atoms. The number of ether oxygens (including phenoxy) is 2. The summed E-state index contributed by atoms with van der Waals surface area (Å²) >= 11 is 1.45. The van der Waals surface area contributed by atoms with Crippen molar-refractivity contribution < 1.29 is 14.3 Å². The van der Waals surface area contributed by atoms with Crippen molar-refractivity contribution in [1.29, 1.82) is 0 Å². The van der Waals surface area contributed by atoms with E-state index >= 15 is 0 Å². The van der Waals surface area contributed by atoms with Gasteiger partial charge in [0.15, 0.2) is 11.5 Å². The summed E-state index contributed by atoms with van der Waals surface area (Å²) in [6.45, 7) is 8.95. The van der Waals surface area contributed by atoms with Gasteiger partial charge in [-0.1, -0.05) is 6.92 Å². The zero-order valence-corrected chi connectivity index (χ0v) is 13.8.